The molecule has 6 heteroatoms. The van der Waals surface area contributed by atoms with Crippen molar-refractivity contribution in [1.82, 2.24) is 15.2 Å². The molecule has 3 atom stereocenters. The van der Waals surface area contributed by atoms with Crippen LogP contribution in [0.4, 0.5) is 0 Å². The van der Waals surface area contributed by atoms with Crippen molar-refractivity contribution >= 4 is 5.91 Å². The number of oxazole rings is 1. The summed E-state index contributed by atoms with van der Waals surface area (Å²) in [7, 11) is 1.61. The summed E-state index contributed by atoms with van der Waals surface area (Å²) in [6.07, 6.45) is 3.85. The normalized spacial score (nSPS) is 25.5. The number of piperidine rings is 1. The highest BCUT2D eigenvalue weighted by Crippen LogP contribution is 2.30. The maximum atomic E-state index is 12.4. The van der Waals surface area contributed by atoms with Crippen LogP contribution in [0.2, 0.25) is 0 Å². The number of nitrogens with one attached hydrogen (secondary N) is 1. The second-order valence-electron chi connectivity index (χ2n) is 6.55. The van der Waals surface area contributed by atoms with Crippen LogP contribution in [0.15, 0.2) is 34.9 Å². The molecular formula is C18H21N3O3. The fraction of sp³-hybridized carbons (Fsp3) is 0.444. The van der Waals surface area contributed by atoms with Gasteiger partial charge in [-0.1, -0.05) is 12.1 Å². The minimum Gasteiger partial charge on any atom is -0.496 e. The molecule has 126 valence electrons. The molecule has 0 spiro atoms. The van der Waals surface area contributed by atoms with Crippen molar-refractivity contribution in [2.24, 2.45) is 5.92 Å². The van der Waals surface area contributed by atoms with E-state index >= 15 is 0 Å². The van der Waals surface area contributed by atoms with Gasteiger partial charge < -0.3 is 19.4 Å². The second kappa shape index (κ2) is 6.28. The highest BCUT2D eigenvalue weighted by Gasteiger charge is 2.33. The quantitative estimate of drug-likeness (QED) is 0.932. The predicted molar refractivity (Wildman–Crippen MR) is 88.9 cm³/mol. The van der Waals surface area contributed by atoms with Gasteiger partial charge in [-0.05, 0) is 37.4 Å². The molecule has 1 aromatic carbocycles. The predicted octanol–water partition coefficient (Wildman–Crippen LogP) is 2.17. The van der Waals surface area contributed by atoms with Gasteiger partial charge in [0.2, 0.25) is 0 Å². The lowest BCUT2D eigenvalue weighted by Crippen LogP contribution is -2.47. The van der Waals surface area contributed by atoms with Crippen LogP contribution in [0.25, 0.3) is 11.3 Å². The van der Waals surface area contributed by atoms with Gasteiger partial charge in [-0.2, -0.15) is 0 Å². The third-order valence-corrected chi connectivity index (χ3v) is 4.87. The van der Waals surface area contributed by atoms with Gasteiger partial charge in [0, 0.05) is 19.1 Å². The van der Waals surface area contributed by atoms with Crippen LogP contribution < -0.4 is 10.1 Å². The molecule has 0 aliphatic carbocycles. The number of rotatable bonds is 4. The molecule has 2 saturated heterocycles. The Labute approximate surface area is 140 Å². The minimum atomic E-state index is -0.247. The Morgan fingerprint density at radius 2 is 2.25 bits per heavy atom. The van der Waals surface area contributed by atoms with E-state index in [-0.39, 0.29) is 17.8 Å². The molecule has 1 N–H and O–H groups in total. The lowest BCUT2D eigenvalue weighted by molar-refractivity contribution is 0.0875. The van der Waals surface area contributed by atoms with Gasteiger partial charge in [-0.25, -0.2) is 4.98 Å². The minimum absolute atomic E-state index is 0.101. The van der Waals surface area contributed by atoms with E-state index in [1.54, 1.807) is 13.3 Å². The molecule has 4 rings (SSSR count). The molecule has 0 radical (unpaired) electrons. The van der Waals surface area contributed by atoms with Crippen LogP contribution in [0.1, 0.15) is 23.5 Å². The Morgan fingerprint density at radius 3 is 3.08 bits per heavy atom. The van der Waals surface area contributed by atoms with Crippen LogP contribution in [-0.2, 0) is 0 Å². The molecule has 1 aromatic heterocycles. The number of benzene rings is 1. The van der Waals surface area contributed by atoms with E-state index in [2.05, 4.69) is 15.2 Å². The summed E-state index contributed by atoms with van der Waals surface area (Å²) in [6.45, 7) is 3.24. The Hall–Kier alpha value is -2.34. The first-order chi connectivity index (χ1) is 11.7. The summed E-state index contributed by atoms with van der Waals surface area (Å²) in [4.78, 5) is 19.0. The largest absolute Gasteiger partial charge is 0.496 e. The lowest BCUT2D eigenvalue weighted by Gasteiger charge is -2.30. The number of carbonyl (C=O) groups excluding carboxylic acids is 1. The third-order valence-electron chi connectivity index (χ3n) is 4.87. The van der Waals surface area contributed by atoms with Gasteiger partial charge >= 0.3 is 5.91 Å². The summed E-state index contributed by atoms with van der Waals surface area (Å²) in [6, 6.07) is 7.70. The van der Waals surface area contributed by atoms with E-state index in [1.165, 1.54) is 13.0 Å². The average Bonchev–Trinajstić information content (AvgIpc) is 3.22. The summed E-state index contributed by atoms with van der Waals surface area (Å²) in [5.41, 5.74) is 0.786. The van der Waals surface area contributed by atoms with E-state index in [9.17, 15) is 4.79 Å². The van der Waals surface area contributed by atoms with Crippen LogP contribution in [0.3, 0.4) is 0 Å². The van der Waals surface area contributed by atoms with Crippen molar-refractivity contribution < 1.29 is 13.9 Å². The van der Waals surface area contributed by atoms with Crippen molar-refractivity contribution in [1.29, 1.82) is 0 Å². The van der Waals surface area contributed by atoms with E-state index < -0.39 is 0 Å². The van der Waals surface area contributed by atoms with Gasteiger partial charge in [-0.3, -0.25) is 4.79 Å². The topological polar surface area (TPSA) is 67.6 Å². The molecule has 3 heterocycles. The Kier molecular flexibility index (Phi) is 3.98. The number of aromatic nitrogens is 1. The van der Waals surface area contributed by atoms with Crippen LogP contribution in [0.5, 0.6) is 5.75 Å². The van der Waals surface area contributed by atoms with Gasteiger partial charge in [0.1, 0.15) is 5.75 Å². The fourth-order valence-corrected chi connectivity index (χ4v) is 3.76. The number of methoxy groups -OCH3 is 1. The van der Waals surface area contributed by atoms with E-state index in [0.29, 0.717) is 17.4 Å². The van der Waals surface area contributed by atoms with E-state index in [0.717, 1.165) is 25.1 Å². The fourth-order valence-electron chi connectivity index (χ4n) is 3.76. The highest BCUT2D eigenvalue weighted by atomic mass is 16.5. The SMILES string of the molecule is COc1ccccc1-c1cnc(C(=O)NC2CC3CCN(C3)C2)o1. The first kappa shape index (κ1) is 15.2. The number of hydrogen-bond donors (Lipinski definition) is 1. The number of ether oxygens (including phenoxy) is 1. The van der Waals surface area contributed by atoms with Gasteiger partial charge in [0.05, 0.1) is 18.9 Å². The third kappa shape index (κ3) is 2.89. The lowest BCUT2D eigenvalue weighted by atomic mass is 9.97. The summed E-state index contributed by atoms with van der Waals surface area (Å²) < 4.78 is 11.0. The zero-order chi connectivity index (χ0) is 16.5. The number of hydrogen-bond acceptors (Lipinski definition) is 5. The number of carbonyl (C=O) groups is 1. The standard InChI is InChI=1S/C18H21N3O3/c1-23-15-5-3-2-4-14(15)16-9-19-18(24-16)17(22)20-13-8-12-6-7-21(10-12)11-13/h2-5,9,12-13H,6-8,10-11H2,1H3,(H,20,22). The molecule has 1 amide bonds. The first-order valence-corrected chi connectivity index (χ1v) is 8.35. The Bertz CT molecular complexity index is 731. The highest BCUT2D eigenvalue weighted by molar-refractivity contribution is 5.90. The average molecular weight is 327 g/mol. The van der Waals surface area contributed by atoms with E-state index in [4.69, 9.17) is 9.15 Å². The number of para-hydroxylation sites is 1. The molecule has 2 bridgehead atoms. The van der Waals surface area contributed by atoms with Crippen molar-refractivity contribution in [3.8, 4) is 17.1 Å². The summed E-state index contributed by atoms with van der Waals surface area (Å²) in [5, 5.41) is 3.06. The smallest absolute Gasteiger partial charge is 0.307 e. The number of fused-ring (bicyclic) bond motifs is 2. The monoisotopic (exact) mass is 327 g/mol. The zero-order valence-corrected chi connectivity index (χ0v) is 13.7. The molecule has 2 aromatic rings. The van der Waals surface area contributed by atoms with Crippen LogP contribution >= 0.6 is 0 Å². The van der Waals surface area contributed by atoms with E-state index in [1.807, 2.05) is 24.3 Å². The van der Waals surface area contributed by atoms with Crippen molar-refractivity contribution in [3.63, 3.8) is 0 Å². The maximum Gasteiger partial charge on any atom is 0.307 e. The number of amides is 1. The second-order valence-corrected chi connectivity index (χ2v) is 6.55. The molecule has 2 aliphatic heterocycles. The first-order valence-electron chi connectivity index (χ1n) is 8.35. The molecule has 24 heavy (non-hydrogen) atoms. The van der Waals surface area contributed by atoms with Crippen molar-refractivity contribution in [3.05, 3.63) is 36.4 Å². The Balaban J connectivity index is 1.47. The molecule has 2 fully saturated rings. The molecule has 6 nitrogen and oxygen atoms in total. The molecule has 3 unspecified atom stereocenters. The summed E-state index contributed by atoms with van der Waals surface area (Å²) in [5.74, 6) is 1.78. The molecular weight excluding hydrogens is 306 g/mol. The maximum absolute atomic E-state index is 12.4. The summed E-state index contributed by atoms with van der Waals surface area (Å²) >= 11 is 0. The van der Waals surface area contributed by atoms with Crippen molar-refractivity contribution in [2.75, 3.05) is 26.7 Å². The molecule has 0 saturated carbocycles. The van der Waals surface area contributed by atoms with Crippen molar-refractivity contribution in [2.45, 2.75) is 18.9 Å². The zero-order valence-electron chi connectivity index (χ0n) is 13.7. The number of nitrogens with zero attached hydrogens (tertiary/aromatic N) is 2. The Morgan fingerprint density at radius 1 is 1.38 bits per heavy atom. The van der Waals surface area contributed by atoms with Gasteiger partial charge in [-0.15, -0.1) is 0 Å². The van der Waals surface area contributed by atoms with Gasteiger partial charge in [0.25, 0.3) is 5.89 Å². The molecule has 2 aliphatic rings. The van der Waals surface area contributed by atoms with Crippen LogP contribution in [0, 0.1) is 5.92 Å². The van der Waals surface area contributed by atoms with Gasteiger partial charge in [0.15, 0.2) is 5.76 Å². The van der Waals surface area contributed by atoms with Crippen LogP contribution in [-0.4, -0.2) is 48.6 Å².